The summed E-state index contributed by atoms with van der Waals surface area (Å²) in [6, 6.07) is 9.77. The molecule has 1 atom stereocenters. The highest BCUT2D eigenvalue weighted by molar-refractivity contribution is 8.00. The number of nitrogens with one attached hydrogen (secondary N) is 1. The molecule has 3 aromatic rings. The van der Waals surface area contributed by atoms with Crippen molar-refractivity contribution >= 4 is 34.4 Å². The molecule has 1 aromatic carbocycles. The predicted molar refractivity (Wildman–Crippen MR) is 100 cm³/mol. The number of anilines is 1. The summed E-state index contributed by atoms with van der Waals surface area (Å²) in [5.74, 6) is 0.900. The highest BCUT2D eigenvalue weighted by Crippen LogP contribution is 2.42. The average Bonchev–Trinajstić information content (AvgIpc) is 2.76. The second-order valence-electron chi connectivity index (χ2n) is 6.23. The smallest absolute Gasteiger partial charge is 0.255 e. The molecule has 0 saturated carbocycles. The fraction of sp³-hybridized carbons (Fsp3) is 0.278. The summed E-state index contributed by atoms with van der Waals surface area (Å²) in [6.07, 6.45) is 0. The van der Waals surface area contributed by atoms with E-state index < -0.39 is 0 Å². The Bertz CT molecular complexity index is 1070. The number of hydrogen-bond donors (Lipinski definition) is 1. The highest BCUT2D eigenvalue weighted by Gasteiger charge is 2.31. The molecule has 128 valence electrons. The number of pyridine rings is 1. The van der Waals surface area contributed by atoms with Crippen LogP contribution >= 0.6 is 11.8 Å². The van der Waals surface area contributed by atoms with Gasteiger partial charge in [-0.25, -0.2) is 0 Å². The first-order valence-electron chi connectivity index (χ1n) is 8.01. The first-order chi connectivity index (χ1) is 12.0. The van der Waals surface area contributed by atoms with Crippen LogP contribution in [0.2, 0.25) is 0 Å². The van der Waals surface area contributed by atoms with Crippen molar-refractivity contribution in [3.8, 4) is 0 Å². The Hall–Kier alpha value is -2.54. The number of para-hydroxylation sites is 1. The van der Waals surface area contributed by atoms with Crippen molar-refractivity contribution < 1.29 is 4.79 Å². The second-order valence-corrected chi connectivity index (χ2v) is 7.33. The molecule has 0 bridgehead atoms. The van der Waals surface area contributed by atoms with E-state index in [9.17, 15) is 9.59 Å². The van der Waals surface area contributed by atoms with Gasteiger partial charge in [0.2, 0.25) is 5.91 Å². The fourth-order valence-corrected chi connectivity index (χ4v) is 4.62. The standard InChI is InChI=1S/C18H18N4O2S/c1-10-15-16(25-9-14(23)19-17(15)22(3)20-10)12-8-11-6-4-5-7-13(11)21(2)18(12)24/h4-8,16H,9H2,1-3H3,(H,19,23)/t16-/m0/s1. The molecule has 0 unspecified atom stereocenters. The minimum atomic E-state index is -0.231. The van der Waals surface area contributed by atoms with Crippen LogP contribution in [0.4, 0.5) is 5.82 Å². The highest BCUT2D eigenvalue weighted by atomic mass is 32.2. The molecule has 1 amide bonds. The first kappa shape index (κ1) is 16.0. The van der Waals surface area contributed by atoms with Crippen molar-refractivity contribution in [2.75, 3.05) is 11.1 Å². The Kier molecular flexibility index (Phi) is 3.68. The molecule has 0 aliphatic carbocycles. The molecule has 0 radical (unpaired) electrons. The Morgan fingerprint density at radius 3 is 2.80 bits per heavy atom. The van der Waals surface area contributed by atoms with E-state index in [1.165, 1.54) is 11.8 Å². The van der Waals surface area contributed by atoms with Crippen molar-refractivity contribution in [2.45, 2.75) is 12.2 Å². The van der Waals surface area contributed by atoms with E-state index in [0.717, 1.165) is 22.2 Å². The molecule has 7 heteroatoms. The first-order valence-corrected chi connectivity index (χ1v) is 9.06. The van der Waals surface area contributed by atoms with Crippen LogP contribution in [0.5, 0.6) is 0 Å². The number of thioether (sulfide) groups is 1. The van der Waals surface area contributed by atoms with Gasteiger partial charge in [-0.1, -0.05) is 18.2 Å². The second kappa shape index (κ2) is 5.77. The molecule has 0 spiro atoms. The Balaban J connectivity index is 1.99. The lowest BCUT2D eigenvalue weighted by molar-refractivity contribution is -0.113. The number of nitrogens with zero attached hydrogens (tertiary/aromatic N) is 3. The van der Waals surface area contributed by atoms with E-state index in [4.69, 9.17) is 0 Å². The van der Waals surface area contributed by atoms with Gasteiger partial charge >= 0.3 is 0 Å². The van der Waals surface area contributed by atoms with Crippen LogP contribution in [0.3, 0.4) is 0 Å². The lowest BCUT2D eigenvalue weighted by atomic mass is 10.0. The van der Waals surface area contributed by atoms with Crippen LogP contribution in [0.15, 0.2) is 35.1 Å². The molecule has 6 nitrogen and oxygen atoms in total. The number of aryl methyl sites for hydroxylation is 3. The molecule has 1 aliphatic heterocycles. The summed E-state index contributed by atoms with van der Waals surface area (Å²) in [6.45, 7) is 1.91. The van der Waals surface area contributed by atoms with Crippen LogP contribution in [-0.2, 0) is 18.9 Å². The number of amides is 1. The molecule has 0 saturated heterocycles. The van der Waals surface area contributed by atoms with E-state index in [1.54, 1.807) is 23.3 Å². The van der Waals surface area contributed by atoms with Crippen molar-refractivity contribution in [2.24, 2.45) is 14.1 Å². The zero-order valence-corrected chi connectivity index (χ0v) is 15.1. The Morgan fingerprint density at radius 2 is 2.00 bits per heavy atom. The maximum absolute atomic E-state index is 13.0. The normalized spacial score (nSPS) is 17.2. The van der Waals surface area contributed by atoms with Gasteiger partial charge < -0.3 is 9.88 Å². The topological polar surface area (TPSA) is 68.9 Å². The number of aromatic nitrogens is 3. The molecule has 2 aromatic heterocycles. The van der Waals surface area contributed by atoms with E-state index in [0.29, 0.717) is 17.1 Å². The van der Waals surface area contributed by atoms with Crippen LogP contribution in [-0.4, -0.2) is 26.0 Å². The number of carbonyl (C=O) groups is 1. The zero-order valence-electron chi connectivity index (χ0n) is 14.2. The lowest BCUT2D eigenvalue weighted by Crippen LogP contribution is -2.23. The third kappa shape index (κ3) is 2.46. The summed E-state index contributed by atoms with van der Waals surface area (Å²) in [7, 11) is 3.59. The number of carbonyl (C=O) groups excluding carboxylic acids is 1. The van der Waals surface area contributed by atoms with E-state index in [2.05, 4.69) is 10.4 Å². The molecular weight excluding hydrogens is 336 g/mol. The number of rotatable bonds is 1. The van der Waals surface area contributed by atoms with Gasteiger partial charge in [-0.15, -0.1) is 11.8 Å². The van der Waals surface area contributed by atoms with Crippen molar-refractivity contribution in [3.05, 3.63) is 57.5 Å². The maximum atomic E-state index is 13.0. The molecule has 1 aliphatic rings. The summed E-state index contributed by atoms with van der Waals surface area (Å²) < 4.78 is 3.35. The van der Waals surface area contributed by atoms with Gasteiger partial charge in [0.1, 0.15) is 5.82 Å². The minimum Gasteiger partial charge on any atom is -0.311 e. The van der Waals surface area contributed by atoms with Crippen LogP contribution in [0.25, 0.3) is 10.9 Å². The predicted octanol–water partition coefficient (Wildman–Crippen LogP) is 2.36. The van der Waals surface area contributed by atoms with E-state index in [1.807, 2.05) is 37.3 Å². The van der Waals surface area contributed by atoms with Crippen molar-refractivity contribution in [1.82, 2.24) is 14.3 Å². The Labute approximate surface area is 148 Å². The van der Waals surface area contributed by atoms with Gasteiger partial charge in [0.15, 0.2) is 0 Å². The van der Waals surface area contributed by atoms with Gasteiger partial charge in [-0.3, -0.25) is 14.3 Å². The summed E-state index contributed by atoms with van der Waals surface area (Å²) >= 11 is 1.47. The van der Waals surface area contributed by atoms with E-state index >= 15 is 0 Å². The zero-order chi connectivity index (χ0) is 17.7. The Morgan fingerprint density at radius 1 is 1.24 bits per heavy atom. The molecule has 1 N–H and O–H groups in total. The molecule has 25 heavy (non-hydrogen) atoms. The summed E-state index contributed by atoms with van der Waals surface area (Å²) in [4.78, 5) is 25.1. The minimum absolute atomic E-state index is 0.0419. The maximum Gasteiger partial charge on any atom is 0.255 e. The third-order valence-electron chi connectivity index (χ3n) is 4.61. The van der Waals surface area contributed by atoms with Crippen LogP contribution < -0.4 is 10.9 Å². The lowest BCUT2D eigenvalue weighted by Gasteiger charge is -2.17. The molecule has 4 rings (SSSR count). The monoisotopic (exact) mass is 354 g/mol. The molecule has 3 heterocycles. The van der Waals surface area contributed by atoms with Gasteiger partial charge in [-0.05, 0) is 24.4 Å². The van der Waals surface area contributed by atoms with Crippen LogP contribution in [0, 0.1) is 6.92 Å². The van der Waals surface area contributed by atoms with Gasteiger partial charge in [0, 0.05) is 25.2 Å². The SMILES string of the molecule is Cc1nn(C)c2c1[C@H](c1cc3ccccc3n(C)c1=O)SCC(=O)N2. The average molecular weight is 354 g/mol. The number of benzene rings is 1. The number of fused-ring (bicyclic) bond motifs is 2. The van der Waals surface area contributed by atoms with Gasteiger partial charge in [0.25, 0.3) is 5.56 Å². The van der Waals surface area contributed by atoms with Crippen molar-refractivity contribution in [3.63, 3.8) is 0 Å². The quantitative estimate of drug-likeness (QED) is 0.728. The van der Waals surface area contributed by atoms with Gasteiger partial charge in [0.05, 0.1) is 22.2 Å². The third-order valence-corrected chi connectivity index (χ3v) is 5.86. The largest absolute Gasteiger partial charge is 0.311 e. The van der Waals surface area contributed by atoms with Gasteiger partial charge in [-0.2, -0.15) is 5.10 Å². The molecule has 0 fully saturated rings. The molecular formula is C18H18N4O2S. The van der Waals surface area contributed by atoms with Crippen molar-refractivity contribution in [1.29, 1.82) is 0 Å². The summed E-state index contributed by atoms with van der Waals surface area (Å²) in [5.41, 5.74) is 3.27. The van der Waals surface area contributed by atoms with Crippen LogP contribution in [0.1, 0.15) is 22.1 Å². The number of hydrogen-bond acceptors (Lipinski definition) is 4. The summed E-state index contributed by atoms with van der Waals surface area (Å²) in [5, 5.41) is 8.13. The fourth-order valence-electron chi connectivity index (χ4n) is 3.43. The van der Waals surface area contributed by atoms with E-state index in [-0.39, 0.29) is 16.7 Å².